The molecule has 2 N–H and O–H groups in total. The van der Waals surface area contributed by atoms with Crippen LogP contribution < -0.4 is 0 Å². The number of hydrogen-bond acceptors (Lipinski definition) is 7. The molecule has 2 spiro atoms. The lowest BCUT2D eigenvalue weighted by Gasteiger charge is -2.60. The Morgan fingerprint density at radius 2 is 1.69 bits per heavy atom. The standard InChI is InChI=1S/C38H65NO6/c1-9-42-32(35(6,7)41)27-12-10-25-28(44-27)20-26-24-11-13-29-34(4,5)30(45-31-21-39(18-19-43-31)33(2,3)23-40)14-15-38(29)22-37(24,38)17-16-36(25,26)8/h24-32,40-41H,9-23H2,1-8H3. The first kappa shape index (κ1) is 33.2. The highest BCUT2D eigenvalue weighted by molar-refractivity contribution is 5.29. The fourth-order valence-corrected chi connectivity index (χ4v) is 13.2. The molecule has 0 amide bonds. The van der Waals surface area contributed by atoms with E-state index < -0.39 is 5.60 Å². The highest BCUT2D eigenvalue weighted by Crippen LogP contribution is 2.87. The summed E-state index contributed by atoms with van der Waals surface area (Å²) in [6.45, 7) is 20.6. The first-order valence-electron chi connectivity index (χ1n) is 18.8. The van der Waals surface area contributed by atoms with E-state index in [0.29, 0.717) is 47.4 Å². The maximum absolute atomic E-state index is 10.9. The van der Waals surface area contributed by atoms with Crippen LogP contribution in [0, 0.1) is 45.3 Å². The van der Waals surface area contributed by atoms with Crippen molar-refractivity contribution in [3.63, 3.8) is 0 Å². The molecule has 5 saturated carbocycles. The molecule has 2 heterocycles. The normalized spacial score (nSPS) is 48.4. The van der Waals surface area contributed by atoms with Crippen molar-refractivity contribution in [2.45, 2.75) is 161 Å². The van der Waals surface area contributed by atoms with E-state index in [1.54, 1.807) is 0 Å². The first-order chi connectivity index (χ1) is 21.1. The fourth-order valence-electron chi connectivity index (χ4n) is 13.2. The summed E-state index contributed by atoms with van der Waals surface area (Å²) < 4.78 is 26.1. The van der Waals surface area contributed by atoms with E-state index in [-0.39, 0.29) is 42.2 Å². The van der Waals surface area contributed by atoms with Gasteiger partial charge in [0.25, 0.3) is 0 Å². The summed E-state index contributed by atoms with van der Waals surface area (Å²) in [6.07, 6.45) is 12.7. The Bertz CT molecular complexity index is 1100. The smallest absolute Gasteiger partial charge is 0.170 e. The van der Waals surface area contributed by atoms with Crippen molar-refractivity contribution in [2.24, 2.45) is 45.3 Å². The molecule has 0 aromatic carbocycles. The predicted octanol–water partition coefficient (Wildman–Crippen LogP) is 6.18. The van der Waals surface area contributed by atoms with E-state index in [1.165, 1.54) is 51.4 Å². The second kappa shape index (κ2) is 11.1. The molecule has 0 radical (unpaired) electrons. The number of aliphatic hydroxyl groups excluding tert-OH is 1. The lowest BCUT2D eigenvalue weighted by molar-refractivity contribution is -0.251. The van der Waals surface area contributed by atoms with Crippen molar-refractivity contribution in [3.8, 4) is 0 Å². The van der Waals surface area contributed by atoms with Crippen LogP contribution in [0.4, 0.5) is 0 Å². The number of rotatable bonds is 8. The highest BCUT2D eigenvalue weighted by Gasteiger charge is 2.80. The van der Waals surface area contributed by atoms with Crippen LogP contribution in [0.15, 0.2) is 0 Å². The molecule has 0 aromatic heterocycles. The van der Waals surface area contributed by atoms with Crippen LogP contribution in [0.3, 0.4) is 0 Å². The quantitative estimate of drug-likeness (QED) is 0.331. The van der Waals surface area contributed by atoms with Gasteiger partial charge in [-0.2, -0.15) is 0 Å². The molecular weight excluding hydrogens is 566 g/mol. The van der Waals surface area contributed by atoms with E-state index in [0.717, 1.165) is 37.8 Å². The molecule has 7 rings (SSSR count). The van der Waals surface area contributed by atoms with Crippen LogP contribution in [0.1, 0.15) is 120 Å². The largest absolute Gasteiger partial charge is 0.394 e. The summed E-state index contributed by atoms with van der Waals surface area (Å²) >= 11 is 0. The van der Waals surface area contributed by atoms with Crippen molar-refractivity contribution in [2.75, 3.05) is 32.9 Å². The minimum atomic E-state index is -0.903. The zero-order chi connectivity index (χ0) is 32.2. The molecule has 2 aliphatic heterocycles. The van der Waals surface area contributed by atoms with Crippen molar-refractivity contribution in [1.82, 2.24) is 4.90 Å². The number of aliphatic hydroxyl groups is 2. The van der Waals surface area contributed by atoms with Gasteiger partial charge in [0.15, 0.2) is 6.29 Å². The maximum Gasteiger partial charge on any atom is 0.170 e. The molecule has 12 unspecified atom stereocenters. The summed E-state index contributed by atoms with van der Waals surface area (Å²) in [5.41, 5.74) is 0.337. The van der Waals surface area contributed by atoms with Gasteiger partial charge in [-0.1, -0.05) is 20.8 Å². The number of fused-ring (bicyclic) bond motifs is 4. The molecule has 7 heteroatoms. The summed E-state index contributed by atoms with van der Waals surface area (Å²) in [4.78, 5) is 2.34. The number of morpholine rings is 1. The van der Waals surface area contributed by atoms with Crippen LogP contribution >= 0.6 is 0 Å². The van der Waals surface area contributed by atoms with Gasteiger partial charge >= 0.3 is 0 Å². The summed E-state index contributed by atoms with van der Waals surface area (Å²) in [5, 5.41) is 20.9. The van der Waals surface area contributed by atoms with Gasteiger partial charge in [-0.25, -0.2) is 0 Å². The predicted molar refractivity (Wildman–Crippen MR) is 175 cm³/mol. The second-order valence-corrected chi connectivity index (χ2v) is 18.7. The summed E-state index contributed by atoms with van der Waals surface area (Å²) in [7, 11) is 0. The Morgan fingerprint density at radius 1 is 0.933 bits per heavy atom. The van der Waals surface area contributed by atoms with Crippen LogP contribution in [0.5, 0.6) is 0 Å². The van der Waals surface area contributed by atoms with Gasteiger partial charge in [-0.3, -0.25) is 4.90 Å². The third kappa shape index (κ3) is 4.97. The van der Waals surface area contributed by atoms with Crippen molar-refractivity contribution in [1.29, 1.82) is 0 Å². The minimum absolute atomic E-state index is 0.0158. The van der Waals surface area contributed by atoms with Gasteiger partial charge < -0.3 is 29.2 Å². The molecule has 7 aliphatic rings. The Morgan fingerprint density at radius 3 is 2.40 bits per heavy atom. The molecule has 5 aliphatic carbocycles. The van der Waals surface area contributed by atoms with Gasteiger partial charge in [-0.15, -0.1) is 0 Å². The van der Waals surface area contributed by atoms with Crippen molar-refractivity contribution >= 4 is 0 Å². The minimum Gasteiger partial charge on any atom is -0.394 e. The average Bonchev–Trinajstić information content (AvgIpc) is 3.56. The Kier molecular flexibility index (Phi) is 8.21. The number of ether oxygens (including phenoxy) is 4. The van der Waals surface area contributed by atoms with E-state index >= 15 is 0 Å². The Labute approximate surface area is 273 Å². The number of hydrogen-bond donors (Lipinski definition) is 2. The third-order valence-corrected chi connectivity index (χ3v) is 15.5. The average molecular weight is 632 g/mol. The van der Waals surface area contributed by atoms with Crippen LogP contribution in [0.25, 0.3) is 0 Å². The van der Waals surface area contributed by atoms with Gasteiger partial charge in [0.2, 0.25) is 0 Å². The second-order valence-electron chi connectivity index (χ2n) is 18.7. The molecule has 0 bridgehead atoms. The third-order valence-electron chi connectivity index (χ3n) is 15.5. The Hall–Kier alpha value is -0.280. The lowest BCUT2D eigenvalue weighted by Crippen LogP contribution is -2.58. The molecule has 0 aromatic rings. The lowest BCUT2D eigenvalue weighted by atomic mass is 9.46. The van der Waals surface area contributed by atoms with Crippen LogP contribution in [-0.4, -0.2) is 89.9 Å². The number of nitrogens with zero attached hydrogens (tertiary/aromatic N) is 1. The van der Waals surface area contributed by atoms with E-state index in [4.69, 9.17) is 18.9 Å². The zero-order valence-electron chi connectivity index (χ0n) is 29.8. The molecule has 12 atom stereocenters. The van der Waals surface area contributed by atoms with Crippen molar-refractivity contribution in [3.05, 3.63) is 0 Å². The summed E-state index contributed by atoms with van der Waals surface area (Å²) in [6, 6.07) is 0. The fraction of sp³-hybridized carbons (Fsp3) is 1.00. The molecule has 45 heavy (non-hydrogen) atoms. The molecular formula is C38H65NO6. The SMILES string of the molecule is CCOC(C1CCC2C(CC3C4CCC5C(C)(C)C(OC6CN(C(C)(C)CO)CCO6)CCC56CC46CCC23C)O1)C(C)(C)O. The van der Waals surface area contributed by atoms with Gasteiger partial charge in [-0.05, 0) is 144 Å². The van der Waals surface area contributed by atoms with Crippen LogP contribution in [0.2, 0.25) is 0 Å². The van der Waals surface area contributed by atoms with Gasteiger partial charge in [0.1, 0.15) is 6.10 Å². The summed E-state index contributed by atoms with van der Waals surface area (Å²) in [5.74, 6) is 2.92. The molecule has 7 nitrogen and oxygen atoms in total. The van der Waals surface area contributed by atoms with E-state index in [9.17, 15) is 10.2 Å². The van der Waals surface area contributed by atoms with E-state index in [2.05, 4.69) is 39.5 Å². The first-order valence-corrected chi connectivity index (χ1v) is 18.8. The zero-order valence-corrected chi connectivity index (χ0v) is 29.8. The Balaban J connectivity index is 1.05. The van der Waals surface area contributed by atoms with Gasteiger partial charge in [0, 0.05) is 18.7 Å². The topological polar surface area (TPSA) is 80.6 Å². The molecule has 7 fully saturated rings. The van der Waals surface area contributed by atoms with Crippen molar-refractivity contribution < 1.29 is 29.2 Å². The highest BCUT2D eigenvalue weighted by atomic mass is 16.7. The molecule has 258 valence electrons. The van der Waals surface area contributed by atoms with E-state index in [1.807, 2.05) is 20.8 Å². The maximum atomic E-state index is 10.9. The van der Waals surface area contributed by atoms with Gasteiger partial charge in [0.05, 0.1) is 43.7 Å². The monoisotopic (exact) mass is 631 g/mol. The van der Waals surface area contributed by atoms with Crippen LogP contribution in [-0.2, 0) is 18.9 Å². The molecule has 2 saturated heterocycles.